The third-order valence-corrected chi connectivity index (χ3v) is 5.14. The number of fused-ring (bicyclic) bond motifs is 2. The average Bonchev–Trinajstić information content (AvgIpc) is 3.25. The molecule has 2 aliphatic heterocycles. The molecule has 1 amide bonds. The van der Waals surface area contributed by atoms with Crippen LogP contribution in [-0.2, 0) is 22.7 Å². The molecule has 146 valence electrons. The number of benzene rings is 2. The van der Waals surface area contributed by atoms with Gasteiger partial charge in [0.15, 0.2) is 0 Å². The van der Waals surface area contributed by atoms with Crippen LogP contribution in [0, 0.1) is 0 Å². The van der Waals surface area contributed by atoms with Gasteiger partial charge in [0.1, 0.15) is 12.4 Å². The maximum absolute atomic E-state index is 12.5. The fraction of sp³-hybridized carbons (Fsp3) is 0.318. The van der Waals surface area contributed by atoms with Crippen molar-refractivity contribution in [3.63, 3.8) is 0 Å². The molecule has 0 aromatic heterocycles. The fourth-order valence-electron chi connectivity index (χ4n) is 3.83. The van der Waals surface area contributed by atoms with Crippen molar-refractivity contribution in [2.45, 2.75) is 19.6 Å². The molecular weight excluding hydrogens is 356 g/mol. The molecule has 28 heavy (non-hydrogen) atoms. The number of hydrogen-bond acceptors (Lipinski definition) is 5. The number of carbonyl (C=O) groups is 1. The molecule has 2 aliphatic rings. The SMILES string of the molecule is O=C1Nc2ccccc2C1=C1OCc2cc(CN(CCO)CCCO)ccc21. The van der Waals surface area contributed by atoms with Crippen molar-refractivity contribution in [2.24, 2.45) is 0 Å². The Morgan fingerprint density at radius 3 is 2.71 bits per heavy atom. The first-order valence-electron chi connectivity index (χ1n) is 9.55. The zero-order valence-electron chi connectivity index (χ0n) is 15.6. The van der Waals surface area contributed by atoms with E-state index in [0.29, 0.717) is 37.4 Å². The van der Waals surface area contributed by atoms with Crippen LogP contribution in [0.3, 0.4) is 0 Å². The van der Waals surface area contributed by atoms with Crippen LogP contribution in [-0.4, -0.2) is 47.3 Å². The third-order valence-electron chi connectivity index (χ3n) is 5.14. The van der Waals surface area contributed by atoms with Crippen LogP contribution < -0.4 is 5.32 Å². The van der Waals surface area contributed by atoms with Gasteiger partial charge in [0.2, 0.25) is 0 Å². The van der Waals surface area contributed by atoms with E-state index in [2.05, 4.69) is 16.3 Å². The number of anilines is 1. The molecule has 0 saturated heterocycles. The highest BCUT2D eigenvalue weighted by molar-refractivity contribution is 6.36. The normalized spacial score (nSPS) is 17.5. The first kappa shape index (κ1) is 18.7. The Morgan fingerprint density at radius 2 is 1.89 bits per heavy atom. The molecule has 0 aliphatic carbocycles. The van der Waals surface area contributed by atoms with E-state index in [0.717, 1.165) is 34.5 Å². The lowest BCUT2D eigenvalue weighted by Crippen LogP contribution is -2.28. The van der Waals surface area contributed by atoms with Gasteiger partial charge in [-0.15, -0.1) is 0 Å². The van der Waals surface area contributed by atoms with Gasteiger partial charge in [0.05, 0.1) is 12.2 Å². The van der Waals surface area contributed by atoms with Gasteiger partial charge in [-0.25, -0.2) is 0 Å². The Balaban J connectivity index is 1.62. The molecular formula is C22H24N2O4. The lowest BCUT2D eigenvalue weighted by Gasteiger charge is -2.21. The largest absolute Gasteiger partial charge is 0.487 e. The second-order valence-corrected chi connectivity index (χ2v) is 7.06. The smallest absolute Gasteiger partial charge is 0.260 e. The molecule has 0 unspecified atom stereocenters. The Bertz CT molecular complexity index is 923. The highest BCUT2D eigenvalue weighted by atomic mass is 16.5. The van der Waals surface area contributed by atoms with Crippen LogP contribution in [0.5, 0.6) is 0 Å². The van der Waals surface area contributed by atoms with Gasteiger partial charge in [0.25, 0.3) is 5.91 Å². The predicted molar refractivity (Wildman–Crippen MR) is 107 cm³/mol. The number of amides is 1. The van der Waals surface area contributed by atoms with Crippen molar-refractivity contribution >= 4 is 22.9 Å². The lowest BCUT2D eigenvalue weighted by molar-refractivity contribution is -0.110. The molecule has 0 bridgehead atoms. The average molecular weight is 380 g/mol. The molecule has 3 N–H and O–H groups in total. The van der Waals surface area contributed by atoms with E-state index in [-0.39, 0.29) is 19.1 Å². The van der Waals surface area contributed by atoms with Crippen molar-refractivity contribution in [2.75, 3.05) is 31.6 Å². The molecule has 0 saturated carbocycles. The summed E-state index contributed by atoms with van der Waals surface area (Å²) in [5.74, 6) is 0.503. The van der Waals surface area contributed by atoms with Crippen molar-refractivity contribution < 1.29 is 19.7 Å². The number of rotatable bonds is 7. The molecule has 6 nitrogen and oxygen atoms in total. The van der Waals surface area contributed by atoms with Gasteiger partial charge < -0.3 is 20.3 Å². The highest BCUT2D eigenvalue weighted by Crippen LogP contribution is 2.41. The molecule has 4 rings (SSSR count). The van der Waals surface area contributed by atoms with Gasteiger partial charge in [-0.1, -0.05) is 36.4 Å². The molecule has 0 fully saturated rings. The molecule has 6 heteroatoms. The van der Waals surface area contributed by atoms with Crippen LogP contribution in [0.4, 0.5) is 5.69 Å². The third kappa shape index (κ3) is 3.54. The summed E-state index contributed by atoms with van der Waals surface area (Å²) in [5.41, 5.74) is 5.41. The molecule has 0 atom stereocenters. The molecule has 2 aromatic carbocycles. The Kier molecular flexibility index (Phi) is 5.43. The number of para-hydroxylation sites is 1. The van der Waals surface area contributed by atoms with Gasteiger partial charge >= 0.3 is 0 Å². The Hall–Kier alpha value is -2.67. The van der Waals surface area contributed by atoms with E-state index in [9.17, 15) is 9.90 Å². The highest BCUT2D eigenvalue weighted by Gasteiger charge is 2.32. The van der Waals surface area contributed by atoms with Crippen molar-refractivity contribution in [1.29, 1.82) is 0 Å². The minimum atomic E-state index is -0.133. The number of aliphatic hydroxyl groups is 2. The quantitative estimate of drug-likeness (QED) is 0.642. The number of carbonyl (C=O) groups excluding carboxylic acids is 1. The van der Waals surface area contributed by atoms with E-state index < -0.39 is 0 Å². The van der Waals surface area contributed by atoms with Gasteiger partial charge in [0, 0.05) is 48.6 Å². The summed E-state index contributed by atoms with van der Waals surface area (Å²) in [6, 6.07) is 13.8. The number of nitrogens with zero attached hydrogens (tertiary/aromatic N) is 1. The van der Waals surface area contributed by atoms with E-state index in [1.54, 1.807) is 0 Å². The maximum atomic E-state index is 12.5. The van der Waals surface area contributed by atoms with E-state index in [1.165, 1.54) is 0 Å². The molecule has 0 spiro atoms. The van der Waals surface area contributed by atoms with Crippen LogP contribution in [0.25, 0.3) is 11.3 Å². The number of hydrogen-bond donors (Lipinski definition) is 3. The van der Waals surface area contributed by atoms with Crippen molar-refractivity contribution in [3.05, 3.63) is 64.7 Å². The zero-order chi connectivity index (χ0) is 19.5. The summed E-state index contributed by atoms with van der Waals surface area (Å²) in [4.78, 5) is 14.6. The standard InChI is InChI=1S/C22H24N2O4/c25-10-3-8-24(9-11-26)13-15-6-7-17-16(12-15)14-28-21(17)20-18-4-1-2-5-19(18)23-22(20)27/h1-2,4-7,12,25-26H,3,8-11,13-14H2,(H,23,27). The summed E-state index contributed by atoms with van der Waals surface area (Å²) < 4.78 is 5.94. The summed E-state index contributed by atoms with van der Waals surface area (Å²) >= 11 is 0. The minimum absolute atomic E-state index is 0.0875. The number of aliphatic hydroxyl groups excluding tert-OH is 2. The lowest BCUT2D eigenvalue weighted by atomic mass is 9.99. The first-order valence-corrected chi connectivity index (χ1v) is 9.55. The van der Waals surface area contributed by atoms with Crippen LogP contribution in [0.1, 0.15) is 28.7 Å². The maximum Gasteiger partial charge on any atom is 0.260 e. The fourth-order valence-corrected chi connectivity index (χ4v) is 3.83. The van der Waals surface area contributed by atoms with Crippen molar-refractivity contribution in [1.82, 2.24) is 4.90 Å². The van der Waals surface area contributed by atoms with Gasteiger partial charge in [-0.3, -0.25) is 9.69 Å². The second-order valence-electron chi connectivity index (χ2n) is 7.06. The number of nitrogens with one attached hydrogen (secondary N) is 1. The van der Waals surface area contributed by atoms with Crippen LogP contribution in [0.15, 0.2) is 42.5 Å². The van der Waals surface area contributed by atoms with Crippen LogP contribution in [0.2, 0.25) is 0 Å². The summed E-state index contributed by atoms with van der Waals surface area (Å²) in [6.07, 6.45) is 0.679. The monoisotopic (exact) mass is 380 g/mol. The minimum Gasteiger partial charge on any atom is -0.487 e. The summed E-state index contributed by atoms with van der Waals surface area (Å²) in [7, 11) is 0. The molecule has 2 aromatic rings. The predicted octanol–water partition coefficient (Wildman–Crippen LogP) is 2.21. The zero-order valence-corrected chi connectivity index (χ0v) is 15.6. The molecule has 0 radical (unpaired) electrons. The first-order chi connectivity index (χ1) is 13.7. The Morgan fingerprint density at radius 1 is 1.04 bits per heavy atom. The summed E-state index contributed by atoms with van der Waals surface area (Å²) in [6.45, 7) is 2.67. The summed E-state index contributed by atoms with van der Waals surface area (Å²) in [5, 5.41) is 21.2. The van der Waals surface area contributed by atoms with E-state index >= 15 is 0 Å². The topological polar surface area (TPSA) is 82.0 Å². The second kappa shape index (κ2) is 8.14. The number of ether oxygens (including phenoxy) is 1. The van der Waals surface area contributed by atoms with E-state index in [1.807, 2.05) is 36.4 Å². The van der Waals surface area contributed by atoms with Crippen LogP contribution >= 0.6 is 0 Å². The van der Waals surface area contributed by atoms with Crippen molar-refractivity contribution in [3.8, 4) is 0 Å². The van der Waals surface area contributed by atoms with Gasteiger partial charge in [-0.2, -0.15) is 0 Å². The van der Waals surface area contributed by atoms with E-state index in [4.69, 9.17) is 9.84 Å². The Labute approximate surface area is 164 Å². The molecule has 2 heterocycles. The van der Waals surface area contributed by atoms with Gasteiger partial charge in [-0.05, 0) is 18.1 Å².